The van der Waals surface area contributed by atoms with Gasteiger partial charge in [0.05, 0.1) is 12.2 Å². The molecule has 0 aliphatic rings. The largest absolute Gasteiger partial charge is 0.478 e. The average molecular weight is 222 g/mol. The van der Waals surface area contributed by atoms with Crippen molar-refractivity contribution < 1.29 is 15.0 Å². The lowest BCUT2D eigenvalue weighted by Gasteiger charge is -2.20. The molecule has 1 heterocycles. The van der Waals surface area contributed by atoms with E-state index in [-0.39, 0.29) is 12.2 Å². The maximum absolute atomic E-state index is 10.6. The van der Waals surface area contributed by atoms with Crippen LogP contribution in [0.5, 0.6) is 0 Å². The van der Waals surface area contributed by atoms with Crippen LogP contribution in [-0.2, 0) is 0 Å². The zero-order valence-electron chi connectivity index (χ0n) is 8.83. The number of nitrogens with zero attached hydrogens (tertiary/aromatic N) is 2. The molecule has 0 unspecified atom stereocenters. The molecule has 86 valence electrons. The molecule has 0 saturated carbocycles. The second-order valence-electron chi connectivity index (χ2n) is 3.17. The molecule has 0 spiro atoms. The molecular weight excluding hydrogens is 208 g/mol. The summed E-state index contributed by atoms with van der Waals surface area (Å²) in [4.78, 5) is 16.5. The van der Waals surface area contributed by atoms with Crippen LogP contribution in [0.15, 0.2) is 31.0 Å². The van der Waals surface area contributed by atoms with Crippen molar-refractivity contribution in [3.05, 3.63) is 36.5 Å². The maximum Gasteiger partial charge on any atom is 0.337 e. The van der Waals surface area contributed by atoms with Crippen LogP contribution in [0.25, 0.3) is 0 Å². The van der Waals surface area contributed by atoms with E-state index in [2.05, 4.69) is 11.6 Å². The number of pyridine rings is 1. The number of hydrogen-bond acceptors (Lipinski definition) is 4. The molecule has 0 aliphatic heterocycles. The summed E-state index contributed by atoms with van der Waals surface area (Å²) in [6, 6.07) is 3.10. The van der Waals surface area contributed by atoms with Crippen molar-refractivity contribution in [2.75, 3.05) is 24.6 Å². The van der Waals surface area contributed by atoms with Crippen LogP contribution in [0.2, 0.25) is 0 Å². The fourth-order valence-electron chi connectivity index (χ4n) is 1.28. The predicted octanol–water partition coefficient (Wildman–Crippen LogP) is 0.764. The van der Waals surface area contributed by atoms with Crippen LogP contribution >= 0.6 is 0 Å². The van der Waals surface area contributed by atoms with Gasteiger partial charge in [-0.1, -0.05) is 6.08 Å². The molecule has 0 radical (unpaired) electrons. The summed E-state index contributed by atoms with van der Waals surface area (Å²) in [5, 5.41) is 17.6. The van der Waals surface area contributed by atoms with Crippen LogP contribution in [-0.4, -0.2) is 40.9 Å². The number of carboxylic acids is 1. The molecule has 0 fully saturated rings. The van der Waals surface area contributed by atoms with Crippen molar-refractivity contribution in [1.82, 2.24) is 4.98 Å². The Kier molecular flexibility index (Phi) is 4.47. The lowest BCUT2D eigenvalue weighted by molar-refractivity contribution is 0.0696. The van der Waals surface area contributed by atoms with Crippen molar-refractivity contribution in [3.63, 3.8) is 0 Å². The van der Waals surface area contributed by atoms with E-state index in [1.54, 1.807) is 17.0 Å². The number of aliphatic hydroxyl groups is 1. The first-order chi connectivity index (χ1) is 7.69. The van der Waals surface area contributed by atoms with Gasteiger partial charge in [-0.25, -0.2) is 9.78 Å². The van der Waals surface area contributed by atoms with Crippen molar-refractivity contribution in [2.24, 2.45) is 0 Å². The Morgan fingerprint density at radius 3 is 2.75 bits per heavy atom. The Morgan fingerprint density at radius 2 is 2.31 bits per heavy atom. The molecule has 0 atom stereocenters. The average Bonchev–Trinajstić information content (AvgIpc) is 2.29. The van der Waals surface area contributed by atoms with Gasteiger partial charge in [0.2, 0.25) is 0 Å². The SMILES string of the molecule is C=CCN(CCO)c1ccc(C(=O)O)cn1. The second kappa shape index (κ2) is 5.87. The van der Waals surface area contributed by atoms with Crippen LogP contribution in [0.1, 0.15) is 10.4 Å². The Morgan fingerprint density at radius 1 is 1.56 bits per heavy atom. The molecule has 1 aromatic rings. The van der Waals surface area contributed by atoms with Gasteiger partial charge >= 0.3 is 5.97 Å². The Hall–Kier alpha value is -1.88. The first kappa shape index (κ1) is 12.2. The fourth-order valence-corrected chi connectivity index (χ4v) is 1.28. The van der Waals surface area contributed by atoms with E-state index >= 15 is 0 Å². The molecular formula is C11H14N2O3. The van der Waals surface area contributed by atoms with Gasteiger partial charge in [-0.15, -0.1) is 6.58 Å². The minimum Gasteiger partial charge on any atom is -0.478 e. The van der Waals surface area contributed by atoms with Gasteiger partial charge in [-0.2, -0.15) is 0 Å². The summed E-state index contributed by atoms with van der Waals surface area (Å²) in [5.74, 6) is -0.379. The first-order valence-corrected chi connectivity index (χ1v) is 4.85. The Balaban J connectivity index is 2.84. The highest BCUT2D eigenvalue weighted by Crippen LogP contribution is 2.10. The quantitative estimate of drug-likeness (QED) is 0.695. The number of anilines is 1. The van der Waals surface area contributed by atoms with Crippen molar-refractivity contribution >= 4 is 11.8 Å². The number of carboxylic acid groups (broad SMARTS) is 1. The smallest absolute Gasteiger partial charge is 0.337 e. The zero-order valence-corrected chi connectivity index (χ0v) is 8.83. The van der Waals surface area contributed by atoms with Gasteiger partial charge in [0.25, 0.3) is 0 Å². The van der Waals surface area contributed by atoms with E-state index in [1.807, 2.05) is 0 Å². The van der Waals surface area contributed by atoms with Crippen molar-refractivity contribution in [2.45, 2.75) is 0 Å². The molecule has 5 nitrogen and oxygen atoms in total. The number of aliphatic hydroxyl groups excluding tert-OH is 1. The standard InChI is InChI=1S/C11H14N2O3/c1-2-5-13(6-7-14)10-4-3-9(8-12-10)11(15)16/h2-4,8,14H,1,5-7H2,(H,15,16). The Bertz CT molecular complexity index is 362. The van der Waals surface area contributed by atoms with Gasteiger partial charge in [-0.3, -0.25) is 0 Å². The molecule has 0 saturated heterocycles. The van der Waals surface area contributed by atoms with E-state index in [1.165, 1.54) is 12.3 Å². The number of rotatable bonds is 6. The topological polar surface area (TPSA) is 73.7 Å². The van der Waals surface area contributed by atoms with E-state index < -0.39 is 5.97 Å². The van der Waals surface area contributed by atoms with Crippen molar-refractivity contribution in [3.8, 4) is 0 Å². The number of aromatic nitrogens is 1. The molecule has 0 bridgehead atoms. The third-order valence-corrected chi connectivity index (χ3v) is 2.04. The van der Waals surface area contributed by atoms with E-state index in [4.69, 9.17) is 10.2 Å². The molecule has 1 rings (SSSR count). The van der Waals surface area contributed by atoms with Gasteiger partial charge in [-0.05, 0) is 12.1 Å². The number of carbonyl (C=O) groups is 1. The third-order valence-electron chi connectivity index (χ3n) is 2.04. The van der Waals surface area contributed by atoms with Crippen LogP contribution in [0.4, 0.5) is 5.82 Å². The highest BCUT2D eigenvalue weighted by atomic mass is 16.4. The summed E-state index contributed by atoms with van der Waals surface area (Å²) in [7, 11) is 0. The van der Waals surface area contributed by atoms with Crippen LogP contribution in [0.3, 0.4) is 0 Å². The summed E-state index contributed by atoms with van der Waals surface area (Å²) in [6.45, 7) is 4.61. The monoisotopic (exact) mass is 222 g/mol. The lowest BCUT2D eigenvalue weighted by Crippen LogP contribution is -2.27. The normalized spacial score (nSPS) is 9.81. The summed E-state index contributed by atoms with van der Waals surface area (Å²) in [5.41, 5.74) is 0.145. The fraction of sp³-hybridized carbons (Fsp3) is 0.273. The molecule has 0 aromatic carbocycles. The highest BCUT2D eigenvalue weighted by Gasteiger charge is 2.07. The minimum absolute atomic E-state index is 0.0101. The molecule has 5 heteroatoms. The van der Waals surface area contributed by atoms with Crippen LogP contribution < -0.4 is 4.90 Å². The zero-order chi connectivity index (χ0) is 12.0. The molecule has 1 aromatic heterocycles. The van der Waals surface area contributed by atoms with E-state index in [0.29, 0.717) is 18.9 Å². The van der Waals surface area contributed by atoms with Crippen LogP contribution in [0, 0.1) is 0 Å². The summed E-state index contributed by atoms with van der Waals surface area (Å²) >= 11 is 0. The minimum atomic E-state index is -1.00. The summed E-state index contributed by atoms with van der Waals surface area (Å²) in [6.07, 6.45) is 2.99. The molecule has 16 heavy (non-hydrogen) atoms. The molecule has 2 N–H and O–H groups in total. The van der Waals surface area contributed by atoms with Gasteiger partial charge in [0.15, 0.2) is 0 Å². The lowest BCUT2D eigenvalue weighted by atomic mass is 10.3. The van der Waals surface area contributed by atoms with Crippen molar-refractivity contribution in [1.29, 1.82) is 0 Å². The van der Waals surface area contributed by atoms with Gasteiger partial charge in [0, 0.05) is 19.3 Å². The van der Waals surface area contributed by atoms with E-state index in [9.17, 15) is 4.79 Å². The second-order valence-corrected chi connectivity index (χ2v) is 3.17. The Labute approximate surface area is 93.7 Å². The molecule has 0 aliphatic carbocycles. The number of aromatic carboxylic acids is 1. The van der Waals surface area contributed by atoms with Gasteiger partial charge in [0.1, 0.15) is 5.82 Å². The van der Waals surface area contributed by atoms with Gasteiger partial charge < -0.3 is 15.1 Å². The highest BCUT2D eigenvalue weighted by molar-refractivity contribution is 5.87. The summed E-state index contributed by atoms with van der Waals surface area (Å²) < 4.78 is 0. The third kappa shape index (κ3) is 3.06. The maximum atomic E-state index is 10.6. The first-order valence-electron chi connectivity index (χ1n) is 4.85. The van der Waals surface area contributed by atoms with E-state index in [0.717, 1.165) is 0 Å². The predicted molar refractivity (Wildman–Crippen MR) is 60.7 cm³/mol. The number of hydrogen-bond donors (Lipinski definition) is 2. The molecule has 0 amide bonds.